The van der Waals surface area contributed by atoms with Crippen molar-refractivity contribution in [2.75, 3.05) is 32.8 Å². The van der Waals surface area contributed by atoms with Gasteiger partial charge in [-0.1, -0.05) is 37.2 Å². The zero-order chi connectivity index (χ0) is 20.3. The Bertz CT molecular complexity index is 812. The predicted molar refractivity (Wildman–Crippen MR) is 108 cm³/mol. The van der Waals surface area contributed by atoms with Crippen molar-refractivity contribution in [3.63, 3.8) is 0 Å². The molecule has 3 heterocycles. The highest BCUT2D eigenvalue weighted by Crippen LogP contribution is 2.33. The topological polar surface area (TPSA) is 68.0 Å². The number of ether oxygens (including phenoxy) is 2. The lowest BCUT2D eigenvalue weighted by atomic mass is 9.91. The normalized spacial score (nSPS) is 19.1. The molecule has 1 aromatic carbocycles. The first-order valence-electron chi connectivity index (χ1n) is 10.4. The minimum atomic E-state index is -0.370. The number of carbonyl (C=O) groups excluding carboxylic acids is 1. The van der Waals surface area contributed by atoms with E-state index in [1.54, 1.807) is 4.90 Å². The summed E-state index contributed by atoms with van der Waals surface area (Å²) in [5, 5.41) is 4.13. The molecule has 7 heteroatoms. The molecule has 1 spiro atoms. The molecule has 2 fully saturated rings. The Labute approximate surface area is 171 Å². The molecule has 0 aliphatic carbocycles. The summed E-state index contributed by atoms with van der Waals surface area (Å²) in [6.45, 7) is 8.35. The lowest BCUT2D eigenvalue weighted by Gasteiger charge is -2.36. The van der Waals surface area contributed by atoms with Gasteiger partial charge in [-0.05, 0) is 18.1 Å². The summed E-state index contributed by atoms with van der Waals surface area (Å²) in [6, 6.07) is 11.7. The maximum Gasteiger partial charge on any atom is 0.410 e. The van der Waals surface area contributed by atoms with Crippen LogP contribution in [0.3, 0.4) is 0 Å². The van der Waals surface area contributed by atoms with Gasteiger partial charge in [0, 0.05) is 32.0 Å². The van der Waals surface area contributed by atoms with Gasteiger partial charge in [0.15, 0.2) is 5.76 Å². The standard InChI is InChI=1S/C22H29N3O4/c1-17(2)20-14-19(29-23-20)15-24-10-8-22(9-11-24)16-25(21(26)28-22)12-13-27-18-6-4-3-5-7-18/h3-7,14,17H,8-13,15-16H2,1-2H3. The number of likely N-dealkylation sites (tertiary alicyclic amines) is 1. The molecule has 0 bridgehead atoms. The third kappa shape index (κ3) is 4.72. The smallest absolute Gasteiger partial charge is 0.410 e. The number of carbonyl (C=O) groups is 1. The first kappa shape index (κ1) is 19.8. The molecule has 1 amide bonds. The van der Waals surface area contributed by atoms with Crippen molar-refractivity contribution in [3.05, 3.63) is 47.9 Å². The molecular formula is C22H29N3O4. The van der Waals surface area contributed by atoms with Gasteiger partial charge in [-0.15, -0.1) is 0 Å². The van der Waals surface area contributed by atoms with Crippen LogP contribution in [0.4, 0.5) is 4.79 Å². The predicted octanol–water partition coefficient (Wildman–Crippen LogP) is 3.66. The molecule has 2 aliphatic rings. The number of rotatable bonds is 7. The summed E-state index contributed by atoms with van der Waals surface area (Å²) >= 11 is 0. The Morgan fingerprint density at radius 2 is 1.97 bits per heavy atom. The van der Waals surface area contributed by atoms with Crippen LogP contribution in [0.5, 0.6) is 5.75 Å². The lowest BCUT2D eigenvalue weighted by Crippen LogP contribution is -2.46. The number of para-hydroxylation sites is 1. The summed E-state index contributed by atoms with van der Waals surface area (Å²) in [5.74, 6) is 2.08. The van der Waals surface area contributed by atoms with Crippen LogP contribution in [-0.2, 0) is 11.3 Å². The molecule has 1 aromatic heterocycles. The molecule has 4 rings (SSSR count). The largest absolute Gasteiger partial charge is 0.492 e. The Morgan fingerprint density at radius 1 is 1.21 bits per heavy atom. The molecule has 2 aliphatic heterocycles. The summed E-state index contributed by atoms with van der Waals surface area (Å²) in [6.07, 6.45) is 1.44. The summed E-state index contributed by atoms with van der Waals surface area (Å²) in [7, 11) is 0. The fourth-order valence-electron chi connectivity index (χ4n) is 3.93. The van der Waals surface area contributed by atoms with Gasteiger partial charge >= 0.3 is 6.09 Å². The monoisotopic (exact) mass is 399 g/mol. The third-order valence-electron chi connectivity index (χ3n) is 5.73. The van der Waals surface area contributed by atoms with E-state index in [1.165, 1.54) is 0 Å². The third-order valence-corrected chi connectivity index (χ3v) is 5.73. The Kier molecular flexibility index (Phi) is 5.76. The van der Waals surface area contributed by atoms with Gasteiger partial charge in [0.25, 0.3) is 0 Å². The van der Waals surface area contributed by atoms with Crippen LogP contribution in [-0.4, -0.2) is 59.4 Å². The number of hydrogen-bond donors (Lipinski definition) is 0. The highest BCUT2D eigenvalue weighted by atomic mass is 16.6. The van der Waals surface area contributed by atoms with Crippen LogP contribution < -0.4 is 4.74 Å². The van der Waals surface area contributed by atoms with Gasteiger partial charge < -0.3 is 18.9 Å². The molecule has 7 nitrogen and oxygen atoms in total. The maximum atomic E-state index is 12.3. The first-order valence-corrected chi connectivity index (χ1v) is 10.4. The van der Waals surface area contributed by atoms with Crippen LogP contribution in [0.25, 0.3) is 0 Å². The molecule has 0 saturated carbocycles. The van der Waals surface area contributed by atoms with Gasteiger partial charge in [0.2, 0.25) is 0 Å². The molecular weight excluding hydrogens is 370 g/mol. The highest BCUT2D eigenvalue weighted by Gasteiger charge is 2.46. The number of benzene rings is 1. The van der Waals surface area contributed by atoms with E-state index in [2.05, 4.69) is 23.9 Å². The fourth-order valence-corrected chi connectivity index (χ4v) is 3.93. The van der Waals surface area contributed by atoms with Crippen molar-refractivity contribution in [2.24, 2.45) is 0 Å². The minimum absolute atomic E-state index is 0.230. The molecule has 0 atom stereocenters. The van der Waals surface area contributed by atoms with E-state index in [1.807, 2.05) is 36.4 Å². The second-order valence-corrected chi connectivity index (χ2v) is 8.28. The molecule has 0 unspecified atom stereocenters. The van der Waals surface area contributed by atoms with Crippen LogP contribution >= 0.6 is 0 Å². The van der Waals surface area contributed by atoms with Crippen molar-refractivity contribution >= 4 is 6.09 Å². The number of piperidine rings is 1. The number of hydrogen-bond acceptors (Lipinski definition) is 6. The molecule has 0 N–H and O–H groups in total. The van der Waals surface area contributed by atoms with Crippen molar-refractivity contribution in [1.29, 1.82) is 0 Å². The second-order valence-electron chi connectivity index (χ2n) is 8.28. The minimum Gasteiger partial charge on any atom is -0.492 e. The second kappa shape index (κ2) is 8.45. The Hall–Kier alpha value is -2.54. The van der Waals surface area contributed by atoms with Gasteiger partial charge in [-0.3, -0.25) is 4.90 Å². The lowest BCUT2D eigenvalue weighted by molar-refractivity contribution is -0.00297. The zero-order valence-corrected chi connectivity index (χ0v) is 17.2. The van der Waals surface area contributed by atoms with E-state index in [9.17, 15) is 4.79 Å². The van der Waals surface area contributed by atoms with E-state index in [0.717, 1.165) is 49.7 Å². The molecule has 156 valence electrons. The summed E-state index contributed by atoms with van der Waals surface area (Å²) < 4.78 is 17.0. The molecule has 2 saturated heterocycles. The van der Waals surface area contributed by atoms with Crippen molar-refractivity contribution < 1.29 is 18.8 Å². The van der Waals surface area contributed by atoms with E-state index < -0.39 is 0 Å². The van der Waals surface area contributed by atoms with E-state index >= 15 is 0 Å². The van der Waals surface area contributed by atoms with Crippen LogP contribution in [0.15, 0.2) is 40.9 Å². The average Bonchev–Trinajstić information content (AvgIpc) is 3.30. The highest BCUT2D eigenvalue weighted by molar-refractivity contribution is 5.70. The number of nitrogens with zero attached hydrogens (tertiary/aromatic N) is 3. The SMILES string of the molecule is CC(C)c1cc(CN2CCC3(CC2)CN(CCOc2ccccc2)C(=O)O3)on1. The first-order chi connectivity index (χ1) is 14.0. The zero-order valence-electron chi connectivity index (χ0n) is 17.2. The Balaban J connectivity index is 1.24. The van der Waals surface area contributed by atoms with Crippen molar-refractivity contribution in [3.8, 4) is 5.75 Å². The van der Waals surface area contributed by atoms with Crippen molar-refractivity contribution in [2.45, 2.75) is 44.8 Å². The van der Waals surface area contributed by atoms with Crippen LogP contribution in [0, 0.1) is 0 Å². The quantitative estimate of drug-likeness (QED) is 0.708. The van der Waals surface area contributed by atoms with Crippen LogP contribution in [0.1, 0.15) is 44.1 Å². The van der Waals surface area contributed by atoms with Gasteiger partial charge in [-0.2, -0.15) is 0 Å². The fraction of sp³-hybridized carbons (Fsp3) is 0.545. The molecule has 2 aromatic rings. The summed E-state index contributed by atoms with van der Waals surface area (Å²) in [4.78, 5) is 16.4. The van der Waals surface area contributed by atoms with Crippen molar-refractivity contribution in [1.82, 2.24) is 15.0 Å². The molecule has 29 heavy (non-hydrogen) atoms. The summed E-state index contributed by atoms with van der Waals surface area (Å²) in [5.41, 5.74) is 0.622. The van der Waals surface area contributed by atoms with Gasteiger partial charge in [0.05, 0.1) is 25.3 Å². The Morgan fingerprint density at radius 3 is 2.66 bits per heavy atom. The van der Waals surface area contributed by atoms with E-state index in [4.69, 9.17) is 14.0 Å². The number of amides is 1. The van der Waals surface area contributed by atoms with Gasteiger partial charge in [0.1, 0.15) is 18.0 Å². The number of aromatic nitrogens is 1. The maximum absolute atomic E-state index is 12.3. The average molecular weight is 399 g/mol. The van der Waals surface area contributed by atoms with Crippen LogP contribution in [0.2, 0.25) is 0 Å². The molecule has 0 radical (unpaired) electrons. The van der Waals surface area contributed by atoms with Gasteiger partial charge in [-0.25, -0.2) is 4.79 Å². The van der Waals surface area contributed by atoms with E-state index in [0.29, 0.717) is 25.6 Å². The van der Waals surface area contributed by atoms with E-state index in [-0.39, 0.29) is 11.7 Å².